The van der Waals surface area contributed by atoms with Crippen molar-refractivity contribution in [3.63, 3.8) is 0 Å². The van der Waals surface area contributed by atoms with Crippen molar-refractivity contribution in [3.05, 3.63) is 81.6 Å². The Bertz CT molecular complexity index is 1340. The summed E-state index contributed by atoms with van der Waals surface area (Å²) in [5, 5.41) is 5.38. The molecular weight excluding hydrogens is 493 g/mol. The highest BCUT2D eigenvalue weighted by molar-refractivity contribution is 7.89. The van der Waals surface area contributed by atoms with Gasteiger partial charge in [0.05, 0.1) is 16.3 Å². The molecule has 0 amide bonds. The second-order valence-corrected chi connectivity index (χ2v) is 11.2. The van der Waals surface area contributed by atoms with Crippen LogP contribution >= 0.6 is 23.2 Å². The van der Waals surface area contributed by atoms with Gasteiger partial charge >= 0.3 is 0 Å². The highest BCUT2D eigenvalue weighted by atomic mass is 35.5. The molecule has 2 aromatic carbocycles. The lowest BCUT2D eigenvalue weighted by atomic mass is 10.0. The molecule has 0 spiro atoms. The normalized spacial score (nSPS) is 15.8. The maximum Gasteiger partial charge on any atom is 0.243 e. The number of halogens is 2. The molecule has 34 heavy (non-hydrogen) atoms. The van der Waals surface area contributed by atoms with E-state index in [4.69, 9.17) is 23.2 Å². The van der Waals surface area contributed by atoms with Crippen molar-refractivity contribution in [1.82, 2.24) is 14.1 Å². The molecule has 0 radical (unpaired) electrons. The van der Waals surface area contributed by atoms with E-state index in [2.05, 4.69) is 12.0 Å². The van der Waals surface area contributed by atoms with Crippen LogP contribution in [0.4, 0.5) is 0 Å². The van der Waals surface area contributed by atoms with E-state index in [9.17, 15) is 13.2 Å². The van der Waals surface area contributed by atoms with Gasteiger partial charge in [-0.1, -0.05) is 36.2 Å². The topological polar surface area (TPSA) is 72.3 Å². The smallest absolute Gasteiger partial charge is 0.243 e. The number of carbonyl (C=O) groups is 1. The van der Waals surface area contributed by atoms with Gasteiger partial charge in [-0.15, -0.1) is 0 Å². The van der Waals surface area contributed by atoms with Crippen LogP contribution in [0, 0.1) is 12.8 Å². The molecule has 1 aliphatic heterocycles. The summed E-state index contributed by atoms with van der Waals surface area (Å²) in [6, 6.07) is 13.2. The second kappa shape index (κ2) is 10.0. The van der Waals surface area contributed by atoms with E-state index in [1.165, 1.54) is 34.6 Å². The van der Waals surface area contributed by atoms with E-state index in [0.29, 0.717) is 51.7 Å². The number of hydrogen-bond acceptors (Lipinski definition) is 4. The standard InChI is InChI=1S/C25H25Cl2N3O3S/c1-17-12-14-29(15-13-17)34(32,33)22-8-6-19(7-9-22)24(31)11-10-23-18(2)28-30(25(23)27)21-5-3-4-20(26)16-21/h3-11,16-17H,12-15H2,1-2H3/b11-10+. The summed E-state index contributed by atoms with van der Waals surface area (Å²) in [5.74, 6) is 0.273. The largest absolute Gasteiger partial charge is 0.289 e. The van der Waals surface area contributed by atoms with Crippen LogP contribution < -0.4 is 0 Å². The van der Waals surface area contributed by atoms with Crippen molar-refractivity contribution >= 4 is 45.1 Å². The Hall–Kier alpha value is -2.45. The first-order valence-corrected chi connectivity index (χ1v) is 13.2. The van der Waals surface area contributed by atoms with E-state index < -0.39 is 10.0 Å². The maximum atomic E-state index is 12.9. The lowest BCUT2D eigenvalue weighted by Crippen LogP contribution is -2.37. The van der Waals surface area contributed by atoms with Gasteiger partial charge in [-0.05, 0) is 80.3 Å². The Kier molecular flexibility index (Phi) is 7.28. The van der Waals surface area contributed by atoms with Gasteiger partial charge in [0.25, 0.3) is 0 Å². The van der Waals surface area contributed by atoms with Gasteiger partial charge in [-0.25, -0.2) is 13.1 Å². The number of ketones is 1. The molecule has 178 valence electrons. The van der Waals surface area contributed by atoms with Crippen molar-refractivity contribution in [1.29, 1.82) is 0 Å². The third-order valence-corrected chi connectivity index (χ3v) is 8.53. The average Bonchev–Trinajstić information content (AvgIpc) is 3.11. The lowest BCUT2D eigenvalue weighted by molar-refractivity contribution is 0.104. The first-order chi connectivity index (χ1) is 16.2. The molecule has 1 aromatic heterocycles. The van der Waals surface area contributed by atoms with E-state index in [-0.39, 0.29) is 10.7 Å². The van der Waals surface area contributed by atoms with Crippen LogP contribution in [-0.2, 0) is 10.0 Å². The Morgan fingerprint density at radius 3 is 2.41 bits per heavy atom. The van der Waals surface area contributed by atoms with Crippen molar-refractivity contribution in [2.45, 2.75) is 31.6 Å². The molecule has 0 unspecified atom stereocenters. The van der Waals surface area contributed by atoms with Gasteiger partial charge < -0.3 is 0 Å². The molecule has 0 bridgehead atoms. The fourth-order valence-corrected chi connectivity index (χ4v) is 5.89. The molecule has 3 aromatic rings. The molecule has 6 nitrogen and oxygen atoms in total. The molecule has 0 aliphatic carbocycles. The van der Waals surface area contributed by atoms with Crippen LogP contribution in [0.2, 0.25) is 10.2 Å². The number of carbonyl (C=O) groups excluding carboxylic acids is 1. The zero-order valence-electron chi connectivity index (χ0n) is 18.9. The minimum atomic E-state index is -3.55. The van der Waals surface area contributed by atoms with Gasteiger partial charge in [-0.3, -0.25) is 4.79 Å². The Balaban J connectivity index is 1.51. The van der Waals surface area contributed by atoms with Crippen LogP contribution in [-0.4, -0.2) is 41.4 Å². The molecule has 0 atom stereocenters. The SMILES string of the molecule is Cc1nn(-c2cccc(Cl)c2)c(Cl)c1/C=C/C(=O)c1ccc(S(=O)(=O)N2CCC(C)CC2)cc1. The van der Waals surface area contributed by atoms with Crippen molar-refractivity contribution in [2.24, 2.45) is 5.92 Å². The Morgan fingerprint density at radius 1 is 1.09 bits per heavy atom. The Morgan fingerprint density at radius 2 is 1.76 bits per heavy atom. The van der Waals surface area contributed by atoms with Crippen LogP contribution in [0.3, 0.4) is 0 Å². The highest BCUT2D eigenvalue weighted by Crippen LogP contribution is 2.27. The molecule has 1 fully saturated rings. The molecule has 0 saturated carbocycles. The van der Waals surface area contributed by atoms with Gasteiger partial charge in [0, 0.05) is 29.2 Å². The number of hydrogen-bond donors (Lipinski definition) is 0. The number of benzene rings is 2. The summed E-state index contributed by atoms with van der Waals surface area (Å²) in [7, 11) is -3.55. The predicted molar refractivity (Wildman–Crippen MR) is 135 cm³/mol. The van der Waals surface area contributed by atoms with E-state index in [1.807, 2.05) is 6.07 Å². The van der Waals surface area contributed by atoms with Crippen molar-refractivity contribution in [3.8, 4) is 5.69 Å². The summed E-state index contributed by atoms with van der Waals surface area (Å²) in [4.78, 5) is 12.9. The van der Waals surface area contributed by atoms with Gasteiger partial charge in [-0.2, -0.15) is 9.40 Å². The zero-order chi connectivity index (χ0) is 24.5. The van der Waals surface area contributed by atoms with E-state index in [0.717, 1.165) is 12.8 Å². The third kappa shape index (κ3) is 5.13. The minimum Gasteiger partial charge on any atom is -0.289 e. The summed E-state index contributed by atoms with van der Waals surface area (Å²) in [6.45, 7) is 4.98. The quantitative estimate of drug-likeness (QED) is 0.305. The summed E-state index contributed by atoms with van der Waals surface area (Å²) < 4.78 is 28.9. The zero-order valence-corrected chi connectivity index (χ0v) is 21.2. The van der Waals surface area contributed by atoms with Gasteiger partial charge in [0.1, 0.15) is 5.15 Å². The number of sulfonamides is 1. The summed E-state index contributed by atoms with van der Waals surface area (Å²) in [5.41, 5.74) is 2.38. The first-order valence-electron chi connectivity index (χ1n) is 11.0. The van der Waals surface area contributed by atoms with Crippen molar-refractivity contribution in [2.75, 3.05) is 13.1 Å². The Labute approximate surface area is 209 Å². The lowest BCUT2D eigenvalue weighted by Gasteiger charge is -2.29. The number of rotatable bonds is 6. The predicted octanol–water partition coefficient (Wildman–Crippen LogP) is 5.80. The second-order valence-electron chi connectivity index (χ2n) is 8.49. The first kappa shape index (κ1) is 24.7. The fraction of sp³-hybridized carbons (Fsp3) is 0.280. The number of piperidine rings is 1. The fourth-order valence-electron chi connectivity index (χ4n) is 3.90. The van der Waals surface area contributed by atoms with Crippen LogP contribution in [0.1, 0.15) is 41.4 Å². The van der Waals surface area contributed by atoms with Crippen LogP contribution in [0.15, 0.2) is 59.5 Å². The van der Waals surface area contributed by atoms with Crippen LogP contribution in [0.25, 0.3) is 11.8 Å². The number of aromatic nitrogens is 2. The molecule has 1 saturated heterocycles. The van der Waals surface area contributed by atoms with E-state index in [1.54, 1.807) is 35.9 Å². The molecular formula is C25H25Cl2N3O3S. The number of aryl methyl sites for hydroxylation is 1. The summed E-state index contributed by atoms with van der Waals surface area (Å²) in [6.07, 6.45) is 4.74. The molecule has 9 heteroatoms. The van der Waals surface area contributed by atoms with Crippen molar-refractivity contribution < 1.29 is 13.2 Å². The number of allylic oxidation sites excluding steroid dienone is 1. The third-order valence-electron chi connectivity index (χ3n) is 6.02. The van der Waals surface area contributed by atoms with E-state index >= 15 is 0 Å². The summed E-state index contributed by atoms with van der Waals surface area (Å²) >= 11 is 12.6. The highest BCUT2D eigenvalue weighted by Gasteiger charge is 2.28. The number of nitrogens with zero attached hydrogens (tertiary/aromatic N) is 3. The maximum absolute atomic E-state index is 12.9. The minimum absolute atomic E-state index is 0.198. The molecule has 2 heterocycles. The average molecular weight is 518 g/mol. The molecule has 1 aliphatic rings. The molecule has 0 N–H and O–H groups in total. The van der Waals surface area contributed by atoms with Crippen LogP contribution in [0.5, 0.6) is 0 Å². The van der Waals surface area contributed by atoms with Gasteiger partial charge in [0.2, 0.25) is 10.0 Å². The molecule has 4 rings (SSSR count). The van der Waals surface area contributed by atoms with Gasteiger partial charge in [0.15, 0.2) is 5.78 Å². The monoisotopic (exact) mass is 517 g/mol.